The number of carbonyl (C=O) groups excluding carboxylic acids is 1. The van der Waals surface area contributed by atoms with Crippen LogP contribution in [0.5, 0.6) is 11.6 Å². The Labute approximate surface area is 167 Å². The van der Waals surface area contributed by atoms with Crippen LogP contribution < -0.4 is 14.4 Å². The van der Waals surface area contributed by atoms with Crippen molar-refractivity contribution in [2.75, 3.05) is 39.2 Å². The number of hydrogen-bond acceptors (Lipinski definition) is 6. The predicted molar refractivity (Wildman–Crippen MR) is 107 cm³/mol. The Morgan fingerprint density at radius 1 is 1.30 bits per heavy atom. The van der Waals surface area contributed by atoms with Gasteiger partial charge in [-0.05, 0) is 47.0 Å². The lowest BCUT2D eigenvalue weighted by molar-refractivity contribution is 0.0527. The number of piperidine rings is 1. The number of amides is 1. The number of nitrogens with zero attached hydrogens (tertiary/aromatic N) is 4. The molecule has 1 amide bonds. The van der Waals surface area contributed by atoms with Gasteiger partial charge < -0.3 is 19.3 Å². The topological polar surface area (TPSA) is 67.8 Å². The molecular formula is C19H23BrN4O3. The van der Waals surface area contributed by atoms with Crippen molar-refractivity contribution in [3.8, 4) is 11.6 Å². The highest BCUT2D eigenvalue weighted by Crippen LogP contribution is 2.27. The van der Waals surface area contributed by atoms with Gasteiger partial charge in [-0.3, -0.25) is 4.79 Å². The first kappa shape index (κ1) is 19.4. The van der Waals surface area contributed by atoms with E-state index in [4.69, 9.17) is 9.47 Å². The van der Waals surface area contributed by atoms with Crippen LogP contribution in [-0.2, 0) is 0 Å². The van der Waals surface area contributed by atoms with Crippen molar-refractivity contribution in [3.05, 3.63) is 40.6 Å². The first-order valence-corrected chi connectivity index (χ1v) is 9.56. The molecule has 1 aromatic heterocycles. The number of likely N-dealkylation sites (tertiary alicyclic amines) is 1. The first-order chi connectivity index (χ1) is 13.0. The Hall–Kier alpha value is -2.35. The fourth-order valence-electron chi connectivity index (χ4n) is 3.05. The molecule has 1 saturated heterocycles. The largest absolute Gasteiger partial charge is 0.497 e. The minimum Gasteiger partial charge on any atom is -0.497 e. The minimum absolute atomic E-state index is 0.0407. The van der Waals surface area contributed by atoms with Gasteiger partial charge in [-0.15, -0.1) is 0 Å². The SMILES string of the molecule is COc1ccc(Br)c(C(=O)N2CCCC(Oc3nccnc3N(C)C)C2)c1. The highest BCUT2D eigenvalue weighted by atomic mass is 79.9. The number of benzene rings is 1. The van der Waals surface area contributed by atoms with Crippen molar-refractivity contribution in [1.29, 1.82) is 0 Å². The summed E-state index contributed by atoms with van der Waals surface area (Å²) in [7, 11) is 5.38. The summed E-state index contributed by atoms with van der Waals surface area (Å²) in [5.74, 6) is 1.78. The van der Waals surface area contributed by atoms with E-state index in [-0.39, 0.29) is 12.0 Å². The molecule has 1 aromatic carbocycles. The van der Waals surface area contributed by atoms with E-state index >= 15 is 0 Å². The second-order valence-corrected chi connectivity index (χ2v) is 7.41. The Bertz CT molecular complexity index is 815. The quantitative estimate of drug-likeness (QED) is 0.720. The van der Waals surface area contributed by atoms with Crippen LogP contribution in [0.1, 0.15) is 23.2 Å². The standard InChI is InChI=1S/C19H23BrN4O3/c1-23(2)17-18(22-9-8-21-17)27-14-5-4-10-24(12-14)19(25)15-11-13(26-3)6-7-16(15)20/h6-9,11,14H,4-5,10,12H2,1-3H3. The van der Waals surface area contributed by atoms with Crippen LogP contribution in [0.2, 0.25) is 0 Å². The Balaban J connectivity index is 1.74. The fourth-order valence-corrected chi connectivity index (χ4v) is 3.47. The van der Waals surface area contributed by atoms with Crippen molar-refractivity contribution < 1.29 is 14.3 Å². The van der Waals surface area contributed by atoms with Crippen LogP contribution in [0.25, 0.3) is 0 Å². The van der Waals surface area contributed by atoms with Gasteiger partial charge in [0.2, 0.25) is 0 Å². The van der Waals surface area contributed by atoms with Crippen LogP contribution in [-0.4, -0.2) is 61.2 Å². The zero-order valence-corrected chi connectivity index (χ0v) is 17.3. The summed E-state index contributed by atoms with van der Waals surface area (Å²) in [5, 5.41) is 0. The van der Waals surface area contributed by atoms with E-state index in [0.29, 0.717) is 36.1 Å². The minimum atomic E-state index is -0.123. The summed E-state index contributed by atoms with van der Waals surface area (Å²) in [6.07, 6.45) is 4.87. The van der Waals surface area contributed by atoms with Crippen LogP contribution in [0, 0.1) is 0 Å². The number of halogens is 1. The van der Waals surface area contributed by atoms with Crippen molar-refractivity contribution >= 4 is 27.7 Å². The Morgan fingerprint density at radius 2 is 2.07 bits per heavy atom. The molecule has 1 fully saturated rings. The van der Waals surface area contributed by atoms with E-state index < -0.39 is 0 Å². The molecule has 2 heterocycles. The normalized spacial score (nSPS) is 16.7. The van der Waals surface area contributed by atoms with E-state index in [0.717, 1.165) is 17.3 Å². The third-order valence-electron chi connectivity index (χ3n) is 4.42. The van der Waals surface area contributed by atoms with Gasteiger partial charge in [0.15, 0.2) is 5.82 Å². The molecule has 0 aliphatic carbocycles. The average molecular weight is 435 g/mol. The van der Waals surface area contributed by atoms with Crippen molar-refractivity contribution in [2.24, 2.45) is 0 Å². The molecule has 0 bridgehead atoms. The number of methoxy groups -OCH3 is 1. The van der Waals surface area contributed by atoms with Crippen molar-refractivity contribution in [2.45, 2.75) is 18.9 Å². The molecule has 1 unspecified atom stereocenters. The van der Waals surface area contributed by atoms with Gasteiger partial charge in [0.05, 0.1) is 19.2 Å². The van der Waals surface area contributed by atoms with E-state index in [1.54, 1.807) is 25.6 Å². The van der Waals surface area contributed by atoms with Gasteiger partial charge in [-0.25, -0.2) is 9.97 Å². The molecule has 0 saturated carbocycles. The molecule has 0 radical (unpaired) electrons. The molecule has 2 aromatic rings. The summed E-state index contributed by atoms with van der Waals surface area (Å²) in [4.78, 5) is 25.3. The second kappa shape index (κ2) is 8.56. The van der Waals surface area contributed by atoms with E-state index in [2.05, 4.69) is 25.9 Å². The van der Waals surface area contributed by atoms with Gasteiger partial charge in [0, 0.05) is 37.5 Å². The molecule has 1 aliphatic rings. The molecule has 8 heteroatoms. The second-order valence-electron chi connectivity index (χ2n) is 6.56. The lowest BCUT2D eigenvalue weighted by atomic mass is 10.1. The summed E-state index contributed by atoms with van der Waals surface area (Å²) >= 11 is 3.46. The van der Waals surface area contributed by atoms with Crippen LogP contribution in [0.4, 0.5) is 5.82 Å². The molecule has 7 nitrogen and oxygen atoms in total. The third-order valence-corrected chi connectivity index (χ3v) is 5.11. The lowest BCUT2D eigenvalue weighted by Gasteiger charge is -2.33. The van der Waals surface area contributed by atoms with Crippen molar-refractivity contribution in [1.82, 2.24) is 14.9 Å². The molecule has 1 aliphatic heterocycles. The number of carbonyl (C=O) groups is 1. The molecular weight excluding hydrogens is 412 g/mol. The molecule has 0 spiro atoms. The summed E-state index contributed by atoms with van der Waals surface area (Å²) in [5.41, 5.74) is 0.587. The molecule has 1 atom stereocenters. The average Bonchev–Trinajstić information content (AvgIpc) is 2.68. The number of rotatable bonds is 5. The maximum absolute atomic E-state index is 13.0. The number of hydrogen-bond donors (Lipinski definition) is 0. The maximum atomic E-state index is 13.0. The number of aromatic nitrogens is 2. The zero-order chi connectivity index (χ0) is 19.4. The van der Waals surface area contributed by atoms with Crippen LogP contribution in [0.15, 0.2) is 35.1 Å². The van der Waals surface area contributed by atoms with Crippen molar-refractivity contribution in [3.63, 3.8) is 0 Å². The van der Waals surface area contributed by atoms with Crippen LogP contribution >= 0.6 is 15.9 Å². The number of ether oxygens (including phenoxy) is 2. The molecule has 3 rings (SSSR count). The summed E-state index contributed by atoms with van der Waals surface area (Å²) in [6, 6.07) is 5.40. The monoisotopic (exact) mass is 434 g/mol. The predicted octanol–water partition coefficient (Wildman–Crippen LogP) is 3.00. The van der Waals surface area contributed by atoms with E-state index in [1.807, 2.05) is 36.0 Å². The maximum Gasteiger partial charge on any atom is 0.257 e. The fraction of sp³-hybridized carbons (Fsp3) is 0.421. The van der Waals surface area contributed by atoms with Gasteiger partial charge >= 0.3 is 0 Å². The third kappa shape index (κ3) is 4.50. The zero-order valence-electron chi connectivity index (χ0n) is 15.7. The number of anilines is 1. The first-order valence-electron chi connectivity index (χ1n) is 8.77. The van der Waals surface area contributed by atoms with Gasteiger partial charge in [-0.2, -0.15) is 0 Å². The highest BCUT2D eigenvalue weighted by Gasteiger charge is 2.28. The molecule has 144 valence electrons. The molecule has 27 heavy (non-hydrogen) atoms. The van der Waals surface area contributed by atoms with Gasteiger partial charge in [-0.1, -0.05) is 0 Å². The summed E-state index contributed by atoms with van der Waals surface area (Å²) in [6.45, 7) is 1.20. The summed E-state index contributed by atoms with van der Waals surface area (Å²) < 4.78 is 12.1. The van der Waals surface area contributed by atoms with Gasteiger partial charge in [0.25, 0.3) is 11.8 Å². The smallest absolute Gasteiger partial charge is 0.257 e. The van der Waals surface area contributed by atoms with Gasteiger partial charge in [0.1, 0.15) is 11.9 Å². The Morgan fingerprint density at radius 3 is 2.81 bits per heavy atom. The van der Waals surface area contributed by atoms with E-state index in [9.17, 15) is 4.79 Å². The Kier molecular flexibility index (Phi) is 6.15. The molecule has 0 N–H and O–H groups in total. The van der Waals surface area contributed by atoms with E-state index in [1.165, 1.54) is 0 Å². The lowest BCUT2D eigenvalue weighted by Crippen LogP contribution is -2.44. The highest BCUT2D eigenvalue weighted by molar-refractivity contribution is 9.10. The van der Waals surface area contributed by atoms with Crippen LogP contribution in [0.3, 0.4) is 0 Å².